The highest BCUT2D eigenvalue weighted by molar-refractivity contribution is 5.81. The van der Waals surface area contributed by atoms with E-state index in [1.165, 1.54) is 16.6 Å². The summed E-state index contributed by atoms with van der Waals surface area (Å²) in [5.41, 5.74) is 2.58. The van der Waals surface area contributed by atoms with Crippen molar-refractivity contribution in [3.63, 3.8) is 0 Å². The van der Waals surface area contributed by atoms with Crippen LogP contribution in [-0.4, -0.2) is 42.7 Å². The monoisotopic (exact) mass is 316 g/mol. The van der Waals surface area contributed by atoms with Crippen molar-refractivity contribution in [2.24, 2.45) is 0 Å². The van der Waals surface area contributed by atoms with E-state index >= 15 is 0 Å². The zero-order chi connectivity index (χ0) is 16.8. The average Bonchev–Trinajstić information content (AvgIpc) is 2.91. The number of amides is 1. The lowest BCUT2D eigenvalue weighted by Gasteiger charge is -2.24. The second-order valence-corrected chi connectivity index (χ2v) is 6.13. The van der Waals surface area contributed by atoms with E-state index in [2.05, 4.69) is 41.8 Å². The largest absolute Gasteiger partial charge is 0.385 e. The van der Waals surface area contributed by atoms with Crippen LogP contribution < -0.4 is 0 Å². The van der Waals surface area contributed by atoms with Crippen molar-refractivity contribution < 1.29 is 9.53 Å². The molecule has 1 unspecified atom stereocenters. The van der Waals surface area contributed by atoms with Crippen LogP contribution in [0.1, 0.15) is 38.3 Å². The van der Waals surface area contributed by atoms with Crippen LogP contribution in [0.15, 0.2) is 30.3 Å². The van der Waals surface area contributed by atoms with Gasteiger partial charge in [-0.15, -0.1) is 0 Å². The lowest BCUT2D eigenvalue weighted by Crippen LogP contribution is -2.29. The normalized spacial score (nSPS) is 12.5. The number of methoxy groups -OCH3 is 1. The Balaban J connectivity index is 2.35. The third kappa shape index (κ3) is 4.14. The number of nitrogens with zero attached hydrogens (tertiary/aromatic N) is 2. The third-order valence-corrected chi connectivity index (χ3v) is 4.52. The number of aryl methyl sites for hydroxylation is 1. The molecule has 4 heteroatoms. The van der Waals surface area contributed by atoms with Gasteiger partial charge in [0.25, 0.3) is 0 Å². The van der Waals surface area contributed by atoms with E-state index in [1.807, 2.05) is 11.9 Å². The summed E-state index contributed by atoms with van der Waals surface area (Å²) in [5.74, 6) is 0.462. The van der Waals surface area contributed by atoms with Gasteiger partial charge in [0, 0.05) is 57.9 Å². The topological polar surface area (TPSA) is 34.5 Å². The van der Waals surface area contributed by atoms with Crippen LogP contribution in [0.4, 0.5) is 0 Å². The standard InChI is InChI=1S/C19H28N2O2/c1-5-16(14-20(3)15(2)22)19-13-17-9-6-7-10-18(17)21(19)11-8-12-23-4/h6-7,9-10,13,16H,5,8,11-12,14H2,1-4H3. The molecule has 4 nitrogen and oxygen atoms in total. The minimum atomic E-state index is 0.116. The maximum atomic E-state index is 11.6. The first kappa shape index (κ1) is 17.5. The smallest absolute Gasteiger partial charge is 0.219 e. The molecule has 0 aliphatic carbocycles. The molecule has 0 aliphatic rings. The number of benzene rings is 1. The molecular formula is C19H28N2O2. The lowest BCUT2D eigenvalue weighted by atomic mass is 10.0. The van der Waals surface area contributed by atoms with Crippen molar-refractivity contribution in [3.8, 4) is 0 Å². The fourth-order valence-electron chi connectivity index (χ4n) is 3.08. The SMILES string of the molecule is CCC(CN(C)C(C)=O)c1cc2ccccc2n1CCCOC. The molecule has 23 heavy (non-hydrogen) atoms. The molecule has 0 saturated carbocycles. The number of rotatable bonds is 8. The van der Waals surface area contributed by atoms with Gasteiger partial charge in [-0.2, -0.15) is 0 Å². The van der Waals surface area contributed by atoms with E-state index in [1.54, 1.807) is 14.0 Å². The molecule has 1 aromatic carbocycles. The van der Waals surface area contributed by atoms with Gasteiger partial charge in [0.1, 0.15) is 0 Å². The first-order valence-corrected chi connectivity index (χ1v) is 8.37. The van der Waals surface area contributed by atoms with Gasteiger partial charge >= 0.3 is 0 Å². The number of hydrogen-bond acceptors (Lipinski definition) is 2. The van der Waals surface area contributed by atoms with Gasteiger partial charge in [-0.05, 0) is 30.4 Å². The summed E-state index contributed by atoms with van der Waals surface area (Å²) in [5, 5.41) is 1.27. The van der Waals surface area contributed by atoms with Gasteiger partial charge in [-0.25, -0.2) is 0 Å². The fourth-order valence-corrected chi connectivity index (χ4v) is 3.08. The molecule has 0 aliphatic heterocycles. The van der Waals surface area contributed by atoms with Gasteiger partial charge in [0.05, 0.1) is 0 Å². The summed E-state index contributed by atoms with van der Waals surface area (Å²) < 4.78 is 7.61. The molecule has 0 spiro atoms. The molecule has 1 atom stereocenters. The summed E-state index contributed by atoms with van der Waals surface area (Å²) in [6, 6.07) is 10.8. The predicted molar refractivity (Wildman–Crippen MR) is 94.8 cm³/mol. The number of para-hydroxylation sites is 1. The highest BCUT2D eigenvalue weighted by atomic mass is 16.5. The molecule has 0 radical (unpaired) electrons. The maximum absolute atomic E-state index is 11.6. The second kappa shape index (κ2) is 8.16. The van der Waals surface area contributed by atoms with E-state index in [0.29, 0.717) is 5.92 Å². The van der Waals surface area contributed by atoms with Crippen molar-refractivity contribution in [3.05, 3.63) is 36.0 Å². The molecule has 0 bridgehead atoms. The Labute approximate surface area is 139 Å². The first-order chi connectivity index (χ1) is 11.1. The highest BCUT2D eigenvalue weighted by Gasteiger charge is 2.19. The quantitative estimate of drug-likeness (QED) is 0.697. The van der Waals surface area contributed by atoms with Crippen LogP contribution in [0.5, 0.6) is 0 Å². The summed E-state index contributed by atoms with van der Waals surface area (Å²) in [4.78, 5) is 13.4. The van der Waals surface area contributed by atoms with Crippen LogP contribution in [0.2, 0.25) is 0 Å². The van der Waals surface area contributed by atoms with Crippen molar-refractivity contribution >= 4 is 16.8 Å². The number of carbonyl (C=O) groups is 1. The predicted octanol–water partition coefficient (Wildman–Crippen LogP) is 3.65. The molecule has 1 heterocycles. The third-order valence-electron chi connectivity index (χ3n) is 4.52. The van der Waals surface area contributed by atoms with Gasteiger partial charge in [0.2, 0.25) is 5.91 Å². The number of ether oxygens (including phenoxy) is 1. The Hall–Kier alpha value is -1.81. The molecular weight excluding hydrogens is 288 g/mol. The number of hydrogen-bond donors (Lipinski definition) is 0. The second-order valence-electron chi connectivity index (χ2n) is 6.13. The van der Waals surface area contributed by atoms with E-state index < -0.39 is 0 Å². The number of fused-ring (bicyclic) bond motifs is 1. The Bertz CT molecular complexity index is 648. The van der Waals surface area contributed by atoms with E-state index in [9.17, 15) is 4.79 Å². The number of aromatic nitrogens is 1. The molecule has 2 aromatic rings. The Kier molecular flexibility index (Phi) is 6.22. The molecule has 0 fully saturated rings. The number of likely N-dealkylation sites (N-methyl/N-ethyl adjacent to an activating group) is 1. The van der Waals surface area contributed by atoms with Gasteiger partial charge < -0.3 is 14.2 Å². The van der Waals surface area contributed by atoms with Gasteiger partial charge in [-0.1, -0.05) is 25.1 Å². The van der Waals surface area contributed by atoms with E-state index in [0.717, 1.165) is 32.5 Å². The zero-order valence-electron chi connectivity index (χ0n) is 14.7. The zero-order valence-corrected chi connectivity index (χ0v) is 14.7. The molecule has 126 valence electrons. The first-order valence-electron chi connectivity index (χ1n) is 8.37. The van der Waals surface area contributed by atoms with Crippen LogP contribution in [0.3, 0.4) is 0 Å². The van der Waals surface area contributed by atoms with Crippen LogP contribution >= 0.6 is 0 Å². The summed E-state index contributed by atoms with van der Waals surface area (Å²) in [7, 11) is 3.62. The van der Waals surface area contributed by atoms with Crippen molar-refractivity contribution in [2.45, 2.75) is 39.2 Å². The molecule has 0 N–H and O–H groups in total. The van der Waals surface area contributed by atoms with Crippen LogP contribution in [-0.2, 0) is 16.1 Å². The van der Waals surface area contributed by atoms with Crippen molar-refractivity contribution in [1.29, 1.82) is 0 Å². The minimum Gasteiger partial charge on any atom is -0.385 e. The Morgan fingerprint density at radius 1 is 1.35 bits per heavy atom. The summed E-state index contributed by atoms with van der Waals surface area (Å²) in [6.45, 7) is 6.27. The van der Waals surface area contributed by atoms with Crippen LogP contribution in [0, 0.1) is 0 Å². The van der Waals surface area contributed by atoms with Crippen LogP contribution in [0.25, 0.3) is 10.9 Å². The minimum absolute atomic E-state index is 0.116. The van der Waals surface area contributed by atoms with Gasteiger partial charge in [-0.3, -0.25) is 4.79 Å². The summed E-state index contributed by atoms with van der Waals surface area (Å²) >= 11 is 0. The number of carbonyl (C=O) groups excluding carboxylic acids is 1. The van der Waals surface area contributed by atoms with Crippen molar-refractivity contribution in [1.82, 2.24) is 9.47 Å². The summed E-state index contributed by atoms with van der Waals surface area (Å²) in [6.07, 6.45) is 2.00. The molecule has 0 saturated heterocycles. The lowest BCUT2D eigenvalue weighted by molar-refractivity contribution is -0.127. The molecule has 2 rings (SSSR count). The average molecular weight is 316 g/mol. The fraction of sp³-hybridized carbons (Fsp3) is 0.526. The van der Waals surface area contributed by atoms with E-state index in [4.69, 9.17) is 4.74 Å². The maximum Gasteiger partial charge on any atom is 0.219 e. The Morgan fingerprint density at radius 2 is 2.09 bits per heavy atom. The molecule has 1 amide bonds. The van der Waals surface area contributed by atoms with Gasteiger partial charge in [0.15, 0.2) is 0 Å². The highest BCUT2D eigenvalue weighted by Crippen LogP contribution is 2.28. The van der Waals surface area contributed by atoms with E-state index in [-0.39, 0.29) is 5.91 Å². The van der Waals surface area contributed by atoms with Crippen molar-refractivity contribution in [2.75, 3.05) is 27.3 Å². The molecule has 1 aromatic heterocycles. The Morgan fingerprint density at radius 3 is 2.74 bits per heavy atom.